The summed E-state index contributed by atoms with van der Waals surface area (Å²) in [5, 5.41) is 0. The van der Waals surface area contributed by atoms with Crippen molar-refractivity contribution in [3.05, 3.63) is 0 Å². The Kier molecular flexibility index (Phi) is 7.00. The monoisotopic (exact) mass is 330 g/mol. The zero-order valence-electron chi connectivity index (χ0n) is 14.3. The number of ether oxygens (including phenoxy) is 4. The van der Waals surface area contributed by atoms with Crippen LogP contribution in [0, 0.1) is 0 Å². The van der Waals surface area contributed by atoms with Gasteiger partial charge in [-0.05, 0) is 13.8 Å². The molecular formula is C16H26O7. The molecule has 0 N–H and O–H groups in total. The second-order valence-corrected chi connectivity index (χ2v) is 6.23. The molecule has 0 amide bonds. The van der Waals surface area contributed by atoms with Gasteiger partial charge in [0.2, 0.25) is 0 Å². The second-order valence-electron chi connectivity index (χ2n) is 6.23. The highest BCUT2D eigenvalue weighted by atomic mass is 16.6. The molecule has 7 heteroatoms. The summed E-state index contributed by atoms with van der Waals surface area (Å²) in [4.78, 5) is 32.7. The number of methoxy groups -OCH3 is 1. The molecule has 132 valence electrons. The van der Waals surface area contributed by atoms with Gasteiger partial charge in [-0.25, -0.2) is 0 Å². The Hall–Kier alpha value is -1.63. The lowest BCUT2D eigenvalue weighted by Gasteiger charge is -2.31. The lowest BCUT2D eigenvalue weighted by molar-refractivity contribution is -0.174. The van der Waals surface area contributed by atoms with Crippen molar-refractivity contribution in [2.45, 2.75) is 64.1 Å². The van der Waals surface area contributed by atoms with Crippen LogP contribution in [0.2, 0.25) is 0 Å². The smallest absolute Gasteiger partial charge is 0.309 e. The zero-order valence-corrected chi connectivity index (χ0v) is 14.3. The van der Waals surface area contributed by atoms with Crippen LogP contribution >= 0.6 is 0 Å². The lowest BCUT2D eigenvalue weighted by Crippen LogP contribution is -2.40. The summed E-state index contributed by atoms with van der Waals surface area (Å²) < 4.78 is 19.8. The van der Waals surface area contributed by atoms with E-state index in [1.165, 1.54) is 0 Å². The molecule has 2 saturated heterocycles. The van der Waals surface area contributed by atoms with Crippen molar-refractivity contribution >= 4 is 17.9 Å². The molecule has 2 unspecified atom stereocenters. The highest BCUT2D eigenvalue weighted by Crippen LogP contribution is 2.25. The minimum atomic E-state index is -0.650. The van der Waals surface area contributed by atoms with Crippen LogP contribution in [-0.4, -0.2) is 49.4 Å². The van der Waals surface area contributed by atoms with Crippen molar-refractivity contribution in [2.24, 2.45) is 0 Å². The molecule has 7 nitrogen and oxygen atoms in total. The fourth-order valence-electron chi connectivity index (χ4n) is 2.26. The molecule has 0 aliphatic carbocycles. The van der Waals surface area contributed by atoms with E-state index in [0.717, 1.165) is 6.42 Å². The molecule has 2 aliphatic rings. The minimum absolute atomic E-state index is 0.157. The van der Waals surface area contributed by atoms with Gasteiger partial charge < -0.3 is 18.9 Å². The highest BCUT2D eigenvalue weighted by Gasteiger charge is 2.35. The molecular weight excluding hydrogens is 304 g/mol. The zero-order chi connectivity index (χ0) is 17.5. The van der Waals surface area contributed by atoms with Crippen LogP contribution < -0.4 is 0 Å². The Morgan fingerprint density at radius 3 is 1.91 bits per heavy atom. The molecule has 0 aromatic rings. The van der Waals surface area contributed by atoms with Crippen LogP contribution in [0.3, 0.4) is 0 Å². The fourth-order valence-corrected chi connectivity index (χ4v) is 2.26. The molecule has 23 heavy (non-hydrogen) atoms. The van der Waals surface area contributed by atoms with Crippen LogP contribution in [0.25, 0.3) is 0 Å². The normalized spacial score (nSPS) is 30.4. The van der Waals surface area contributed by atoms with Gasteiger partial charge in [-0.15, -0.1) is 0 Å². The van der Waals surface area contributed by atoms with Gasteiger partial charge in [-0.3, -0.25) is 14.4 Å². The maximum absolute atomic E-state index is 11.0. The first-order valence-electron chi connectivity index (χ1n) is 7.80. The predicted octanol–water partition coefficient (Wildman–Crippen LogP) is 1.76. The molecule has 0 bridgehead atoms. The Morgan fingerprint density at radius 1 is 1.04 bits per heavy atom. The van der Waals surface area contributed by atoms with E-state index in [1.807, 2.05) is 6.92 Å². The third-order valence-electron chi connectivity index (χ3n) is 3.97. The largest absolute Gasteiger partial charge is 0.465 e. The average Bonchev–Trinajstić information content (AvgIpc) is 2.47. The molecule has 0 saturated carbocycles. The fraction of sp³-hybridized carbons (Fsp3) is 0.812. The standard InChI is InChI=1S/C9H14O4.C7H12O3/c1-3-7(10)13-9(2)4-5-12-8(11)6-9;1-7(9-2)3-4-10-6(8)5-7/h3-6H2,1-2H3;3-5H2,1-2H3. The molecule has 2 aliphatic heterocycles. The number of carbonyl (C=O) groups excluding carboxylic acids is 3. The third-order valence-corrected chi connectivity index (χ3v) is 3.97. The van der Waals surface area contributed by atoms with E-state index < -0.39 is 5.60 Å². The summed E-state index contributed by atoms with van der Waals surface area (Å²) in [6.07, 6.45) is 2.27. The summed E-state index contributed by atoms with van der Waals surface area (Å²) in [5.74, 6) is -0.717. The first-order chi connectivity index (χ1) is 10.7. The molecule has 2 heterocycles. The number of hydrogen-bond donors (Lipinski definition) is 0. The average molecular weight is 330 g/mol. The van der Waals surface area contributed by atoms with Crippen molar-refractivity contribution in [3.63, 3.8) is 0 Å². The Bertz CT molecular complexity index is 448. The van der Waals surface area contributed by atoms with E-state index in [9.17, 15) is 14.4 Å². The van der Waals surface area contributed by atoms with Gasteiger partial charge >= 0.3 is 17.9 Å². The van der Waals surface area contributed by atoms with Crippen LogP contribution in [0.4, 0.5) is 0 Å². The van der Waals surface area contributed by atoms with Crippen LogP contribution in [-0.2, 0) is 33.3 Å². The van der Waals surface area contributed by atoms with Gasteiger partial charge in [0.05, 0.1) is 31.7 Å². The summed E-state index contributed by atoms with van der Waals surface area (Å²) in [7, 11) is 1.62. The molecule has 0 aromatic heterocycles. The van der Waals surface area contributed by atoms with Gasteiger partial charge in [0, 0.05) is 26.4 Å². The minimum Gasteiger partial charge on any atom is -0.465 e. The van der Waals surface area contributed by atoms with Crippen LogP contribution in [0.1, 0.15) is 52.9 Å². The summed E-state index contributed by atoms with van der Waals surface area (Å²) in [5.41, 5.74) is -0.933. The third kappa shape index (κ3) is 6.56. The van der Waals surface area contributed by atoms with E-state index in [0.29, 0.717) is 32.5 Å². The van der Waals surface area contributed by atoms with Crippen molar-refractivity contribution in [2.75, 3.05) is 20.3 Å². The van der Waals surface area contributed by atoms with E-state index in [-0.39, 0.29) is 29.9 Å². The number of cyclic esters (lactones) is 2. The van der Waals surface area contributed by atoms with E-state index in [2.05, 4.69) is 0 Å². The van der Waals surface area contributed by atoms with Gasteiger partial charge in [0.1, 0.15) is 5.60 Å². The highest BCUT2D eigenvalue weighted by molar-refractivity contribution is 5.74. The molecule has 0 spiro atoms. The van der Waals surface area contributed by atoms with Gasteiger partial charge in [0.15, 0.2) is 0 Å². The van der Waals surface area contributed by atoms with Crippen molar-refractivity contribution < 1.29 is 33.3 Å². The second kappa shape index (κ2) is 8.29. The topological polar surface area (TPSA) is 88.1 Å². The number of carbonyl (C=O) groups is 3. The Labute approximate surface area is 136 Å². The Morgan fingerprint density at radius 2 is 1.52 bits per heavy atom. The molecule has 2 atom stereocenters. The summed E-state index contributed by atoms with van der Waals surface area (Å²) in [6, 6.07) is 0. The summed E-state index contributed by atoms with van der Waals surface area (Å²) in [6.45, 7) is 6.25. The number of rotatable bonds is 3. The van der Waals surface area contributed by atoms with Gasteiger partial charge in [-0.1, -0.05) is 6.92 Å². The molecule has 0 aromatic carbocycles. The number of hydrogen-bond acceptors (Lipinski definition) is 7. The SMILES string of the molecule is CCC(=O)OC1(C)CCOC(=O)C1.COC1(C)CCOC(=O)C1. The van der Waals surface area contributed by atoms with Crippen LogP contribution in [0.15, 0.2) is 0 Å². The molecule has 0 radical (unpaired) electrons. The first kappa shape index (κ1) is 19.4. The Balaban J connectivity index is 0.000000238. The van der Waals surface area contributed by atoms with Crippen molar-refractivity contribution in [1.82, 2.24) is 0 Å². The van der Waals surface area contributed by atoms with Crippen LogP contribution in [0.5, 0.6) is 0 Å². The van der Waals surface area contributed by atoms with E-state index in [4.69, 9.17) is 18.9 Å². The number of esters is 3. The maximum atomic E-state index is 11.0. The lowest BCUT2D eigenvalue weighted by atomic mass is 9.96. The summed E-state index contributed by atoms with van der Waals surface area (Å²) >= 11 is 0. The molecule has 2 rings (SSSR count). The maximum Gasteiger partial charge on any atom is 0.309 e. The van der Waals surface area contributed by atoms with E-state index >= 15 is 0 Å². The predicted molar refractivity (Wildman–Crippen MR) is 80.6 cm³/mol. The van der Waals surface area contributed by atoms with Crippen molar-refractivity contribution in [1.29, 1.82) is 0 Å². The van der Waals surface area contributed by atoms with Gasteiger partial charge in [0.25, 0.3) is 0 Å². The van der Waals surface area contributed by atoms with Crippen molar-refractivity contribution in [3.8, 4) is 0 Å². The quantitative estimate of drug-likeness (QED) is 0.575. The first-order valence-corrected chi connectivity index (χ1v) is 7.80. The van der Waals surface area contributed by atoms with E-state index in [1.54, 1.807) is 21.0 Å². The molecule has 2 fully saturated rings. The van der Waals surface area contributed by atoms with Gasteiger partial charge in [-0.2, -0.15) is 0 Å².